The number of nitrogens with zero attached hydrogens (tertiary/aromatic N) is 2. The molecule has 0 radical (unpaired) electrons. The van der Waals surface area contributed by atoms with Crippen molar-refractivity contribution in [3.05, 3.63) is 65.7 Å². The molecule has 1 saturated heterocycles. The van der Waals surface area contributed by atoms with Gasteiger partial charge >= 0.3 is 0 Å². The lowest BCUT2D eigenvalue weighted by atomic mass is 9.93. The zero-order valence-corrected chi connectivity index (χ0v) is 14.2. The fraction of sp³-hybridized carbons (Fsp3) is 0.333. The summed E-state index contributed by atoms with van der Waals surface area (Å²) in [6.45, 7) is 4.16. The van der Waals surface area contributed by atoms with Crippen LogP contribution in [0.4, 0.5) is 5.69 Å². The van der Waals surface area contributed by atoms with Crippen molar-refractivity contribution < 1.29 is 4.74 Å². The summed E-state index contributed by atoms with van der Waals surface area (Å²) in [7, 11) is 1.75. The van der Waals surface area contributed by atoms with Crippen molar-refractivity contribution in [2.75, 3.05) is 38.2 Å². The molecule has 124 valence electrons. The average molecular weight is 320 g/mol. The van der Waals surface area contributed by atoms with Gasteiger partial charge in [-0.3, -0.25) is 0 Å². The molecule has 0 spiro atoms. The number of para-hydroxylation sites is 2. The molecule has 1 aliphatic carbocycles. The fourth-order valence-electron chi connectivity index (χ4n) is 3.84. The molecule has 0 amide bonds. The summed E-state index contributed by atoms with van der Waals surface area (Å²) in [4.78, 5) is 4.98. The number of rotatable bonds is 3. The van der Waals surface area contributed by atoms with E-state index in [9.17, 15) is 0 Å². The molecule has 0 aromatic heterocycles. The first-order valence-electron chi connectivity index (χ1n) is 8.78. The molecule has 3 nitrogen and oxygen atoms in total. The Hall–Kier alpha value is -2.42. The Morgan fingerprint density at radius 3 is 2.38 bits per heavy atom. The maximum Gasteiger partial charge on any atom is 0.142 e. The number of ether oxygens (including phenoxy) is 1. The van der Waals surface area contributed by atoms with Gasteiger partial charge < -0.3 is 14.5 Å². The van der Waals surface area contributed by atoms with Crippen molar-refractivity contribution in [1.82, 2.24) is 4.90 Å². The summed E-state index contributed by atoms with van der Waals surface area (Å²) in [5.74, 6) is 0.966. The van der Waals surface area contributed by atoms with Gasteiger partial charge in [0.15, 0.2) is 0 Å². The van der Waals surface area contributed by atoms with Gasteiger partial charge in [-0.15, -0.1) is 0 Å². The van der Waals surface area contributed by atoms with Gasteiger partial charge in [-0.2, -0.15) is 0 Å². The van der Waals surface area contributed by atoms with Gasteiger partial charge in [0.2, 0.25) is 0 Å². The van der Waals surface area contributed by atoms with Crippen LogP contribution in [0.15, 0.2) is 54.6 Å². The number of methoxy groups -OCH3 is 1. The van der Waals surface area contributed by atoms with E-state index in [1.165, 1.54) is 28.9 Å². The minimum absolute atomic E-state index is 0.966. The molecule has 1 heterocycles. The first kappa shape index (κ1) is 15.1. The van der Waals surface area contributed by atoms with Crippen LogP contribution in [0.5, 0.6) is 5.75 Å². The summed E-state index contributed by atoms with van der Waals surface area (Å²) in [6, 6.07) is 17.2. The topological polar surface area (TPSA) is 15.7 Å². The Morgan fingerprint density at radius 2 is 1.54 bits per heavy atom. The predicted octanol–water partition coefficient (Wildman–Crippen LogP) is 3.80. The lowest BCUT2D eigenvalue weighted by Gasteiger charge is -2.40. The second-order valence-electron chi connectivity index (χ2n) is 6.43. The third-order valence-electron chi connectivity index (χ3n) is 5.09. The minimum Gasteiger partial charge on any atom is -0.495 e. The van der Waals surface area contributed by atoms with E-state index in [1.54, 1.807) is 7.11 Å². The van der Waals surface area contributed by atoms with Gasteiger partial charge in [-0.1, -0.05) is 42.5 Å². The van der Waals surface area contributed by atoms with Crippen LogP contribution in [0.25, 0.3) is 5.70 Å². The van der Waals surface area contributed by atoms with E-state index in [-0.39, 0.29) is 0 Å². The summed E-state index contributed by atoms with van der Waals surface area (Å²) < 4.78 is 5.52. The lowest BCUT2D eigenvalue weighted by molar-refractivity contribution is 0.360. The van der Waals surface area contributed by atoms with Gasteiger partial charge in [-0.25, -0.2) is 0 Å². The van der Waals surface area contributed by atoms with Crippen LogP contribution in [0.3, 0.4) is 0 Å². The number of piperazine rings is 1. The lowest BCUT2D eigenvalue weighted by Crippen LogP contribution is -2.45. The summed E-state index contributed by atoms with van der Waals surface area (Å²) >= 11 is 0. The molecule has 1 aliphatic heterocycles. The zero-order valence-electron chi connectivity index (χ0n) is 14.2. The number of fused-ring (bicyclic) bond motifs is 1. The van der Waals surface area contributed by atoms with Crippen molar-refractivity contribution >= 4 is 11.4 Å². The molecule has 0 saturated carbocycles. The number of allylic oxidation sites excluding steroid dienone is 1. The van der Waals surface area contributed by atoms with Crippen molar-refractivity contribution in [3.63, 3.8) is 0 Å². The maximum atomic E-state index is 5.52. The quantitative estimate of drug-likeness (QED) is 0.855. The fourth-order valence-corrected chi connectivity index (χ4v) is 3.84. The number of benzene rings is 2. The van der Waals surface area contributed by atoms with Crippen LogP contribution in [0.2, 0.25) is 0 Å². The van der Waals surface area contributed by atoms with E-state index in [4.69, 9.17) is 4.74 Å². The molecule has 0 N–H and O–H groups in total. The molecule has 1 fully saturated rings. The van der Waals surface area contributed by atoms with Gasteiger partial charge in [-0.05, 0) is 30.5 Å². The standard InChI is InChI=1S/C21H24N2O/c1-24-21-12-5-4-10-20(21)23-15-13-22(14-16-23)19-11-6-8-17-7-2-3-9-18(17)19/h2-5,7,9-12H,6,8,13-16H2,1H3. The highest BCUT2D eigenvalue weighted by molar-refractivity contribution is 5.69. The van der Waals surface area contributed by atoms with Crippen molar-refractivity contribution in [2.24, 2.45) is 0 Å². The molecule has 4 rings (SSSR count). The maximum absolute atomic E-state index is 5.52. The minimum atomic E-state index is 0.966. The number of hydrogen-bond acceptors (Lipinski definition) is 3. The van der Waals surface area contributed by atoms with E-state index in [0.717, 1.165) is 38.3 Å². The van der Waals surface area contributed by atoms with E-state index >= 15 is 0 Å². The zero-order chi connectivity index (χ0) is 16.4. The molecular weight excluding hydrogens is 296 g/mol. The third kappa shape index (κ3) is 2.75. The molecule has 2 aliphatic rings. The van der Waals surface area contributed by atoms with Gasteiger partial charge in [0, 0.05) is 37.4 Å². The van der Waals surface area contributed by atoms with E-state index < -0.39 is 0 Å². The highest BCUT2D eigenvalue weighted by Crippen LogP contribution is 2.32. The second kappa shape index (κ2) is 6.60. The van der Waals surface area contributed by atoms with Crippen molar-refractivity contribution in [1.29, 1.82) is 0 Å². The van der Waals surface area contributed by atoms with Crippen LogP contribution >= 0.6 is 0 Å². The molecule has 0 unspecified atom stereocenters. The Labute approximate surface area is 144 Å². The average Bonchev–Trinajstić information content (AvgIpc) is 2.67. The van der Waals surface area contributed by atoms with Crippen LogP contribution < -0.4 is 9.64 Å². The molecular formula is C21H24N2O. The number of hydrogen-bond donors (Lipinski definition) is 0. The predicted molar refractivity (Wildman–Crippen MR) is 99.5 cm³/mol. The Kier molecular flexibility index (Phi) is 4.16. The summed E-state index contributed by atoms with van der Waals surface area (Å²) in [6.07, 6.45) is 4.74. The van der Waals surface area contributed by atoms with Crippen LogP contribution in [0, 0.1) is 0 Å². The Balaban J connectivity index is 1.50. The van der Waals surface area contributed by atoms with Crippen LogP contribution in [0.1, 0.15) is 17.5 Å². The van der Waals surface area contributed by atoms with Gasteiger partial charge in [0.25, 0.3) is 0 Å². The van der Waals surface area contributed by atoms with Gasteiger partial charge in [0.1, 0.15) is 5.75 Å². The molecule has 3 heteroatoms. The van der Waals surface area contributed by atoms with Crippen LogP contribution in [-0.4, -0.2) is 38.2 Å². The van der Waals surface area contributed by atoms with Crippen molar-refractivity contribution in [3.8, 4) is 5.75 Å². The molecule has 0 atom stereocenters. The molecule has 2 aromatic carbocycles. The number of aryl methyl sites for hydroxylation is 1. The van der Waals surface area contributed by atoms with E-state index in [1.807, 2.05) is 12.1 Å². The first-order chi connectivity index (χ1) is 11.9. The normalized spacial score (nSPS) is 17.3. The first-order valence-corrected chi connectivity index (χ1v) is 8.78. The molecule has 0 bridgehead atoms. The van der Waals surface area contributed by atoms with Crippen LogP contribution in [-0.2, 0) is 6.42 Å². The van der Waals surface area contributed by atoms with E-state index in [0.29, 0.717) is 0 Å². The van der Waals surface area contributed by atoms with Crippen molar-refractivity contribution in [2.45, 2.75) is 12.8 Å². The highest BCUT2D eigenvalue weighted by atomic mass is 16.5. The second-order valence-corrected chi connectivity index (χ2v) is 6.43. The van der Waals surface area contributed by atoms with Gasteiger partial charge in [0.05, 0.1) is 12.8 Å². The van der Waals surface area contributed by atoms with E-state index in [2.05, 4.69) is 52.3 Å². The molecule has 2 aromatic rings. The number of anilines is 1. The SMILES string of the molecule is COc1ccccc1N1CCN(C2=CCCc3ccccc32)CC1. The molecule has 24 heavy (non-hydrogen) atoms. The smallest absolute Gasteiger partial charge is 0.142 e. The summed E-state index contributed by atoms with van der Waals surface area (Å²) in [5, 5.41) is 0. The Morgan fingerprint density at radius 1 is 0.833 bits per heavy atom. The monoisotopic (exact) mass is 320 g/mol. The summed E-state index contributed by atoms with van der Waals surface area (Å²) in [5.41, 5.74) is 5.55. The third-order valence-corrected chi connectivity index (χ3v) is 5.09. The Bertz CT molecular complexity index is 745. The largest absolute Gasteiger partial charge is 0.495 e. The highest BCUT2D eigenvalue weighted by Gasteiger charge is 2.23.